The number of carboxylic acids is 1. The van der Waals surface area contributed by atoms with E-state index in [-0.39, 0.29) is 17.4 Å². The van der Waals surface area contributed by atoms with Crippen molar-refractivity contribution < 1.29 is 14.7 Å². The highest BCUT2D eigenvalue weighted by Crippen LogP contribution is 2.32. The molecule has 0 fully saturated rings. The molecule has 7 heteroatoms. The highest BCUT2D eigenvalue weighted by atomic mass is 16.4. The Kier molecular flexibility index (Phi) is 4.14. The summed E-state index contributed by atoms with van der Waals surface area (Å²) in [5.41, 5.74) is 14.1. The third-order valence-electron chi connectivity index (χ3n) is 4.17. The Morgan fingerprint density at radius 2 is 1.96 bits per heavy atom. The maximum absolute atomic E-state index is 12.2. The monoisotopic (exact) mass is 338 g/mol. The average Bonchev–Trinajstić information content (AvgIpc) is 2.89. The Balaban J connectivity index is 2.12. The number of nitrogens with zero attached hydrogens (tertiary/aromatic N) is 2. The van der Waals surface area contributed by atoms with Gasteiger partial charge in [-0.2, -0.15) is 0 Å². The molecule has 5 N–H and O–H groups in total. The summed E-state index contributed by atoms with van der Waals surface area (Å²) in [5, 5.41) is 9.47. The SMILES string of the molecule is CCN1Cc2cc(-c3cc(N=C(N)N)ccc3C(=O)O)ccc2C1=O. The van der Waals surface area contributed by atoms with E-state index in [1.54, 1.807) is 29.2 Å². The zero-order chi connectivity index (χ0) is 18.1. The molecular formula is C18H18N4O3. The van der Waals surface area contributed by atoms with Crippen molar-refractivity contribution in [2.75, 3.05) is 6.54 Å². The zero-order valence-electron chi connectivity index (χ0n) is 13.7. The molecular weight excluding hydrogens is 320 g/mol. The quantitative estimate of drug-likeness (QED) is 0.581. The van der Waals surface area contributed by atoms with Gasteiger partial charge in [0.05, 0.1) is 11.3 Å². The van der Waals surface area contributed by atoms with E-state index in [9.17, 15) is 14.7 Å². The summed E-state index contributed by atoms with van der Waals surface area (Å²) in [5.74, 6) is -1.15. The minimum atomic E-state index is -1.04. The van der Waals surface area contributed by atoms with Gasteiger partial charge >= 0.3 is 5.97 Å². The molecule has 1 heterocycles. The molecule has 128 valence electrons. The van der Waals surface area contributed by atoms with Gasteiger partial charge in [-0.15, -0.1) is 0 Å². The van der Waals surface area contributed by atoms with E-state index in [0.29, 0.717) is 35.5 Å². The number of nitrogens with two attached hydrogens (primary N) is 2. The van der Waals surface area contributed by atoms with Crippen LogP contribution in [0.4, 0.5) is 5.69 Å². The van der Waals surface area contributed by atoms with Crippen LogP contribution >= 0.6 is 0 Å². The molecule has 0 atom stereocenters. The second-order valence-corrected chi connectivity index (χ2v) is 5.76. The molecule has 1 aliphatic rings. The number of aromatic carboxylic acids is 1. The second kappa shape index (κ2) is 6.27. The molecule has 0 bridgehead atoms. The first kappa shape index (κ1) is 16.5. The maximum Gasteiger partial charge on any atom is 0.336 e. The third kappa shape index (κ3) is 3.03. The smallest absolute Gasteiger partial charge is 0.336 e. The molecule has 0 unspecified atom stereocenters. The summed E-state index contributed by atoms with van der Waals surface area (Å²) in [6.07, 6.45) is 0. The minimum Gasteiger partial charge on any atom is -0.478 e. The van der Waals surface area contributed by atoms with Gasteiger partial charge in [-0.1, -0.05) is 6.07 Å². The highest BCUT2D eigenvalue weighted by molar-refractivity contribution is 6.00. The Hall–Kier alpha value is -3.35. The number of guanidine groups is 1. The van der Waals surface area contributed by atoms with Crippen LogP contribution in [-0.2, 0) is 6.54 Å². The molecule has 2 aromatic rings. The van der Waals surface area contributed by atoms with Gasteiger partial charge in [0.2, 0.25) is 0 Å². The molecule has 0 spiro atoms. The molecule has 0 aromatic heterocycles. The number of carboxylic acid groups (broad SMARTS) is 1. The first-order chi connectivity index (χ1) is 11.9. The molecule has 0 aliphatic carbocycles. The number of benzene rings is 2. The van der Waals surface area contributed by atoms with Crippen molar-refractivity contribution in [3.8, 4) is 11.1 Å². The number of fused-ring (bicyclic) bond motifs is 1. The summed E-state index contributed by atoms with van der Waals surface area (Å²) in [6, 6.07) is 9.97. The largest absolute Gasteiger partial charge is 0.478 e. The van der Waals surface area contributed by atoms with Crippen molar-refractivity contribution in [2.24, 2.45) is 16.5 Å². The Labute approximate surface area is 144 Å². The van der Waals surface area contributed by atoms with Gasteiger partial charge in [0, 0.05) is 18.7 Å². The van der Waals surface area contributed by atoms with Crippen LogP contribution in [0, 0.1) is 0 Å². The van der Waals surface area contributed by atoms with Crippen LogP contribution in [0.2, 0.25) is 0 Å². The van der Waals surface area contributed by atoms with E-state index in [1.165, 1.54) is 6.07 Å². The third-order valence-corrected chi connectivity index (χ3v) is 4.17. The standard InChI is InChI=1S/C18H18N4O3/c1-2-22-9-11-7-10(3-5-13(11)16(22)23)15-8-12(21-18(19)20)4-6-14(15)17(24)25/h3-8H,2,9H2,1H3,(H,24,25)(H4,19,20,21). The van der Waals surface area contributed by atoms with Crippen LogP contribution in [0.25, 0.3) is 11.1 Å². The lowest BCUT2D eigenvalue weighted by atomic mass is 9.96. The van der Waals surface area contributed by atoms with Crippen LogP contribution in [0.15, 0.2) is 41.4 Å². The van der Waals surface area contributed by atoms with Gasteiger partial charge in [0.25, 0.3) is 5.91 Å². The Morgan fingerprint density at radius 3 is 2.60 bits per heavy atom. The number of rotatable bonds is 4. The van der Waals surface area contributed by atoms with Gasteiger partial charge in [0.1, 0.15) is 0 Å². The lowest BCUT2D eigenvalue weighted by molar-refractivity contribution is 0.0697. The number of aliphatic imine (C=N–C) groups is 1. The first-order valence-corrected chi connectivity index (χ1v) is 7.80. The van der Waals surface area contributed by atoms with Crippen molar-refractivity contribution in [3.63, 3.8) is 0 Å². The highest BCUT2D eigenvalue weighted by Gasteiger charge is 2.26. The van der Waals surface area contributed by atoms with Crippen LogP contribution in [0.1, 0.15) is 33.2 Å². The Morgan fingerprint density at radius 1 is 1.20 bits per heavy atom. The molecule has 2 aromatic carbocycles. The lowest BCUT2D eigenvalue weighted by Gasteiger charge is -2.11. The molecule has 0 radical (unpaired) electrons. The number of carbonyl (C=O) groups excluding carboxylic acids is 1. The summed E-state index contributed by atoms with van der Waals surface area (Å²) >= 11 is 0. The number of hydrogen-bond donors (Lipinski definition) is 3. The van der Waals surface area contributed by atoms with E-state index in [1.807, 2.05) is 13.0 Å². The fraction of sp³-hybridized carbons (Fsp3) is 0.167. The first-order valence-electron chi connectivity index (χ1n) is 7.80. The predicted octanol–water partition coefficient (Wildman–Crippen LogP) is 1.93. The molecule has 25 heavy (non-hydrogen) atoms. The van der Waals surface area contributed by atoms with Gasteiger partial charge in [-0.05, 0) is 53.9 Å². The predicted molar refractivity (Wildman–Crippen MR) is 94.7 cm³/mol. The minimum absolute atomic E-state index is 0.00300. The van der Waals surface area contributed by atoms with Crippen LogP contribution in [0.5, 0.6) is 0 Å². The van der Waals surface area contributed by atoms with Crippen molar-refractivity contribution in [2.45, 2.75) is 13.5 Å². The van der Waals surface area contributed by atoms with Crippen molar-refractivity contribution in [1.29, 1.82) is 0 Å². The number of amides is 1. The average molecular weight is 338 g/mol. The van der Waals surface area contributed by atoms with Crippen molar-refractivity contribution in [3.05, 3.63) is 53.1 Å². The fourth-order valence-corrected chi connectivity index (χ4v) is 2.98. The Bertz CT molecular complexity index is 901. The van der Waals surface area contributed by atoms with Gasteiger partial charge < -0.3 is 21.5 Å². The summed E-state index contributed by atoms with van der Waals surface area (Å²) in [4.78, 5) is 29.5. The van der Waals surface area contributed by atoms with E-state index in [2.05, 4.69) is 4.99 Å². The van der Waals surface area contributed by atoms with Gasteiger partial charge in [-0.3, -0.25) is 4.79 Å². The molecule has 1 amide bonds. The fourth-order valence-electron chi connectivity index (χ4n) is 2.98. The molecule has 3 rings (SSSR count). The van der Waals surface area contributed by atoms with Gasteiger partial charge in [-0.25, -0.2) is 9.79 Å². The normalized spacial score (nSPS) is 12.8. The summed E-state index contributed by atoms with van der Waals surface area (Å²) in [6.45, 7) is 3.07. The van der Waals surface area contributed by atoms with E-state index in [4.69, 9.17) is 11.5 Å². The molecule has 1 aliphatic heterocycles. The molecule has 0 saturated carbocycles. The number of carbonyl (C=O) groups is 2. The zero-order valence-corrected chi connectivity index (χ0v) is 13.7. The van der Waals surface area contributed by atoms with Crippen LogP contribution in [0.3, 0.4) is 0 Å². The summed E-state index contributed by atoms with van der Waals surface area (Å²) < 4.78 is 0. The van der Waals surface area contributed by atoms with Gasteiger partial charge in [0.15, 0.2) is 5.96 Å². The lowest BCUT2D eigenvalue weighted by Crippen LogP contribution is -2.22. The van der Waals surface area contributed by atoms with Crippen molar-refractivity contribution in [1.82, 2.24) is 4.90 Å². The van der Waals surface area contributed by atoms with Crippen LogP contribution in [-0.4, -0.2) is 34.4 Å². The van der Waals surface area contributed by atoms with Crippen LogP contribution < -0.4 is 11.5 Å². The van der Waals surface area contributed by atoms with E-state index >= 15 is 0 Å². The van der Waals surface area contributed by atoms with Crippen molar-refractivity contribution >= 4 is 23.5 Å². The topological polar surface area (TPSA) is 122 Å². The van der Waals surface area contributed by atoms with E-state index in [0.717, 1.165) is 5.56 Å². The summed E-state index contributed by atoms with van der Waals surface area (Å²) in [7, 11) is 0. The molecule has 0 saturated heterocycles. The maximum atomic E-state index is 12.2. The second-order valence-electron chi connectivity index (χ2n) is 5.76. The van der Waals surface area contributed by atoms with E-state index < -0.39 is 5.97 Å². The molecule has 7 nitrogen and oxygen atoms in total. The number of hydrogen-bond acceptors (Lipinski definition) is 3.